The van der Waals surface area contributed by atoms with Crippen LogP contribution >= 0.6 is 0 Å². The van der Waals surface area contributed by atoms with Gasteiger partial charge in [0, 0.05) is 5.41 Å². The molecule has 0 aromatic carbocycles. The maximum Gasteiger partial charge on any atom is 0.0928 e. The molecule has 1 aliphatic heterocycles. The maximum absolute atomic E-state index is 6.06. The molecule has 1 heteroatoms. The number of hydrogen-bond acceptors (Lipinski definition) is 1. The second-order valence-corrected chi connectivity index (χ2v) is 6.10. The molecule has 0 aromatic heterocycles. The average molecular weight is 192 g/mol. The van der Waals surface area contributed by atoms with Crippen LogP contribution in [0.1, 0.15) is 40.0 Å². The van der Waals surface area contributed by atoms with Crippen LogP contribution in [0.15, 0.2) is 12.2 Å². The molecular formula is C13H20O. The highest BCUT2D eigenvalue weighted by Gasteiger charge is 2.69. The summed E-state index contributed by atoms with van der Waals surface area (Å²) in [5.74, 6) is 0.871. The predicted octanol–water partition coefficient (Wildman–Crippen LogP) is 3.16. The van der Waals surface area contributed by atoms with Gasteiger partial charge in [0.15, 0.2) is 0 Å². The summed E-state index contributed by atoms with van der Waals surface area (Å²) in [5.41, 5.74) is 0.929. The monoisotopic (exact) mass is 192 g/mol. The van der Waals surface area contributed by atoms with Crippen molar-refractivity contribution >= 4 is 0 Å². The molecule has 3 aliphatic rings. The number of hydrogen-bond donors (Lipinski definition) is 0. The molecule has 0 radical (unpaired) electrons. The molecular weight excluding hydrogens is 172 g/mol. The molecule has 2 fully saturated rings. The Bertz CT molecular complexity index is 304. The lowest BCUT2D eigenvalue weighted by atomic mass is 9.64. The molecule has 0 aromatic rings. The van der Waals surface area contributed by atoms with Gasteiger partial charge in [0.05, 0.1) is 12.2 Å². The van der Waals surface area contributed by atoms with Crippen LogP contribution in [0.4, 0.5) is 0 Å². The van der Waals surface area contributed by atoms with E-state index >= 15 is 0 Å². The topological polar surface area (TPSA) is 9.23 Å². The van der Waals surface area contributed by atoms with Crippen molar-refractivity contribution in [3.63, 3.8) is 0 Å². The minimum absolute atomic E-state index is 0.0966. The fourth-order valence-corrected chi connectivity index (χ4v) is 4.26. The lowest BCUT2D eigenvalue weighted by Crippen LogP contribution is -2.46. The molecule has 0 unspecified atom stereocenters. The zero-order chi connectivity index (χ0) is 10.0. The van der Waals surface area contributed by atoms with Gasteiger partial charge in [-0.15, -0.1) is 0 Å². The summed E-state index contributed by atoms with van der Waals surface area (Å²) in [5, 5.41) is 0. The van der Waals surface area contributed by atoms with Crippen LogP contribution in [0, 0.1) is 16.7 Å². The van der Waals surface area contributed by atoms with Gasteiger partial charge in [0.1, 0.15) is 0 Å². The maximum atomic E-state index is 6.06. The van der Waals surface area contributed by atoms with Crippen LogP contribution in [-0.4, -0.2) is 12.2 Å². The summed E-state index contributed by atoms with van der Waals surface area (Å²) < 4.78 is 6.06. The first-order chi connectivity index (χ1) is 6.52. The molecule has 14 heavy (non-hydrogen) atoms. The highest BCUT2D eigenvalue weighted by molar-refractivity contribution is 5.27. The molecule has 2 bridgehead atoms. The Labute approximate surface area is 86.5 Å². The van der Waals surface area contributed by atoms with E-state index in [1.54, 1.807) is 0 Å². The smallest absolute Gasteiger partial charge is 0.0928 e. The van der Waals surface area contributed by atoms with Gasteiger partial charge in [-0.1, -0.05) is 32.9 Å². The Morgan fingerprint density at radius 2 is 2.07 bits per heavy atom. The van der Waals surface area contributed by atoms with Gasteiger partial charge in [0.2, 0.25) is 0 Å². The fourth-order valence-electron chi connectivity index (χ4n) is 4.26. The first-order valence-corrected chi connectivity index (χ1v) is 5.84. The average Bonchev–Trinajstić information content (AvgIpc) is 2.70. The highest BCUT2D eigenvalue weighted by atomic mass is 16.5. The van der Waals surface area contributed by atoms with E-state index in [9.17, 15) is 0 Å². The number of rotatable bonds is 0. The molecule has 0 saturated heterocycles. The van der Waals surface area contributed by atoms with E-state index in [2.05, 4.69) is 32.9 Å². The molecule has 1 nitrogen and oxygen atoms in total. The van der Waals surface area contributed by atoms with Crippen molar-refractivity contribution < 1.29 is 4.74 Å². The van der Waals surface area contributed by atoms with E-state index < -0.39 is 0 Å². The third kappa shape index (κ3) is 0.701. The van der Waals surface area contributed by atoms with Gasteiger partial charge in [-0.3, -0.25) is 0 Å². The number of ether oxygens (including phenoxy) is 1. The van der Waals surface area contributed by atoms with Crippen molar-refractivity contribution in [3.8, 4) is 0 Å². The molecule has 1 heterocycles. The van der Waals surface area contributed by atoms with Crippen molar-refractivity contribution in [1.82, 2.24) is 0 Å². The molecule has 3 rings (SSSR count). The lowest BCUT2D eigenvalue weighted by Gasteiger charge is -2.45. The second kappa shape index (κ2) is 2.27. The van der Waals surface area contributed by atoms with Crippen LogP contribution in [0.25, 0.3) is 0 Å². The Morgan fingerprint density at radius 3 is 2.50 bits per heavy atom. The summed E-state index contributed by atoms with van der Waals surface area (Å²) in [7, 11) is 0. The van der Waals surface area contributed by atoms with Crippen molar-refractivity contribution in [2.75, 3.05) is 6.61 Å². The van der Waals surface area contributed by atoms with E-state index in [4.69, 9.17) is 4.74 Å². The van der Waals surface area contributed by atoms with Gasteiger partial charge in [-0.2, -0.15) is 0 Å². The van der Waals surface area contributed by atoms with Crippen molar-refractivity contribution in [2.24, 2.45) is 16.7 Å². The number of fused-ring (bicyclic) bond motifs is 3. The molecule has 78 valence electrons. The van der Waals surface area contributed by atoms with Gasteiger partial charge in [-0.05, 0) is 30.6 Å². The minimum Gasteiger partial charge on any atom is -0.366 e. The fraction of sp³-hybridized carbons (Fsp3) is 0.846. The molecule has 3 atom stereocenters. The van der Waals surface area contributed by atoms with E-state index in [1.807, 2.05) is 0 Å². The standard InChI is InChI=1S/C13H20O/c1-11(2)10-5-7-12(11,3)13(9-10)6-4-8-14-13/h4,6,10H,5,7-9H2,1-3H3/t10-,12-,13+/m1/s1. The summed E-state index contributed by atoms with van der Waals surface area (Å²) >= 11 is 0. The SMILES string of the molecule is CC1(C)[C@@H]2CC[C@@]1(C)[C@]1(C=CCO1)C2. The first-order valence-electron chi connectivity index (χ1n) is 5.84. The Morgan fingerprint density at radius 1 is 1.29 bits per heavy atom. The highest BCUT2D eigenvalue weighted by Crippen LogP contribution is 2.71. The Kier molecular flexibility index (Phi) is 1.45. The van der Waals surface area contributed by atoms with Crippen LogP contribution in [0.2, 0.25) is 0 Å². The Hall–Kier alpha value is -0.300. The van der Waals surface area contributed by atoms with Crippen molar-refractivity contribution in [3.05, 3.63) is 12.2 Å². The summed E-state index contributed by atoms with van der Waals surface area (Å²) in [6.45, 7) is 8.15. The minimum atomic E-state index is 0.0966. The molecule has 2 saturated carbocycles. The summed E-state index contributed by atoms with van der Waals surface area (Å²) in [4.78, 5) is 0. The van der Waals surface area contributed by atoms with Crippen LogP contribution in [-0.2, 0) is 4.74 Å². The van der Waals surface area contributed by atoms with Crippen LogP contribution in [0.3, 0.4) is 0 Å². The van der Waals surface area contributed by atoms with E-state index in [1.165, 1.54) is 19.3 Å². The largest absolute Gasteiger partial charge is 0.366 e. The van der Waals surface area contributed by atoms with E-state index in [0.29, 0.717) is 10.8 Å². The van der Waals surface area contributed by atoms with Gasteiger partial charge in [0.25, 0.3) is 0 Å². The zero-order valence-electron chi connectivity index (χ0n) is 9.47. The van der Waals surface area contributed by atoms with E-state index in [-0.39, 0.29) is 5.60 Å². The summed E-state index contributed by atoms with van der Waals surface area (Å²) in [6, 6.07) is 0. The third-order valence-electron chi connectivity index (χ3n) is 5.74. The normalized spacial score (nSPS) is 53.5. The zero-order valence-corrected chi connectivity index (χ0v) is 9.47. The first kappa shape index (κ1) is 8.96. The van der Waals surface area contributed by atoms with Crippen molar-refractivity contribution in [1.29, 1.82) is 0 Å². The van der Waals surface area contributed by atoms with Crippen LogP contribution in [0.5, 0.6) is 0 Å². The Balaban J connectivity index is 2.11. The third-order valence-corrected chi connectivity index (χ3v) is 5.74. The quantitative estimate of drug-likeness (QED) is 0.536. The van der Waals surface area contributed by atoms with Gasteiger partial charge < -0.3 is 4.74 Å². The molecule has 1 spiro atoms. The van der Waals surface area contributed by atoms with Gasteiger partial charge in [-0.25, -0.2) is 0 Å². The van der Waals surface area contributed by atoms with Crippen molar-refractivity contribution in [2.45, 2.75) is 45.6 Å². The summed E-state index contributed by atoms with van der Waals surface area (Å²) in [6.07, 6.45) is 8.57. The van der Waals surface area contributed by atoms with Gasteiger partial charge >= 0.3 is 0 Å². The predicted molar refractivity (Wildman–Crippen MR) is 57.1 cm³/mol. The van der Waals surface area contributed by atoms with E-state index in [0.717, 1.165) is 12.5 Å². The molecule has 2 aliphatic carbocycles. The second-order valence-electron chi connectivity index (χ2n) is 6.10. The van der Waals surface area contributed by atoms with Crippen LogP contribution < -0.4 is 0 Å². The molecule has 0 amide bonds. The lowest BCUT2D eigenvalue weighted by molar-refractivity contribution is -0.0829. The molecule has 0 N–H and O–H groups in total.